The fraction of sp³-hybridized carbons (Fsp3) is 0.364. The summed E-state index contributed by atoms with van der Waals surface area (Å²) in [6, 6.07) is 7.13. The molecule has 2 aliphatic rings. The first-order valence-corrected chi connectivity index (χ1v) is 10.7. The standard InChI is InChI=1S/C22H21ClFN5O3/c1-28-9-15-13(16(15)10-28)4-5-32-21-8-19-14(7-20(21)29(30)31)22(26-11-25-19)27-12-2-3-18(24)17(23)6-12/h2-3,6-8,11,13,15-16H,4-5,9-10H2,1H3,(H,25,26,27)/t13-,15-,16?/m1/s1. The van der Waals surface area contributed by atoms with Crippen molar-refractivity contribution in [2.75, 3.05) is 32.1 Å². The van der Waals surface area contributed by atoms with Gasteiger partial charge in [-0.1, -0.05) is 11.6 Å². The van der Waals surface area contributed by atoms with Gasteiger partial charge in [-0.3, -0.25) is 10.1 Å². The molecule has 2 heterocycles. The molecular weight excluding hydrogens is 437 g/mol. The van der Waals surface area contributed by atoms with Gasteiger partial charge in [0.25, 0.3) is 0 Å². The molecule has 32 heavy (non-hydrogen) atoms. The molecule has 1 aliphatic carbocycles. The number of piperidine rings is 1. The molecule has 1 unspecified atom stereocenters. The van der Waals surface area contributed by atoms with E-state index >= 15 is 0 Å². The van der Waals surface area contributed by atoms with Gasteiger partial charge in [0, 0.05) is 30.9 Å². The number of anilines is 2. The van der Waals surface area contributed by atoms with Gasteiger partial charge in [-0.2, -0.15) is 0 Å². The van der Waals surface area contributed by atoms with Crippen LogP contribution < -0.4 is 10.1 Å². The molecule has 0 radical (unpaired) electrons. The Bertz CT molecular complexity index is 1200. The van der Waals surface area contributed by atoms with Crippen molar-refractivity contribution in [1.29, 1.82) is 0 Å². The molecule has 3 atom stereocenters. The third kappa shape index (κ3) is 3.93. The fourth-order valence-electron chi connectivity index (χ4n) is 4.73. The molecule has 1 N–H and O–H groups in total. The van der Waals surface area contributed by atoms with Gasteiger partial charge in [-0.15, -0.1) is 0 Å². The Labute approximate surface area is 188 Å². The zero-order chi connectivity index (χ0) is 22.4. The second-order valence-electron chi connectivity index (χ2n) is 8.42. The van der Waals surface area contributed by atoms with E-state index < -0.39 is 10.7 Å². The average Bonchev–Trinajstić information content (AvgIpc) is 3.21. The number of nitrogens with one attached hydrogen (secondary N) is 1. The maximum atomic E-state index is 13.4. The second-order valence-corrected chi connectivity index (χ2v) is 8.83. The molecule has 0 amide bonds. The number of hydrogen-bond donors (Lipinski definition) is 1. The van der Waals surface area contributed by atoms with Crippen LogP contribution in [0.25, 0.3) is 10.9 Å². The third-order valence-corrected chi connectivity index (χ3v) is 6.65. The summed E-state index contributed by atoms with van der Waals surface area (Å²) < 4.78 is 19.3. The maximum absolute atomic E-state index is 13.4. The molecule has 8 nitrogen and oxygen atoms in total. The summed E-state index contributed by atoms with van der Waals surface area (Å²) in [6.07, 6.45) is 2.24. The van der Waals surface area contributed by atoms with Crippen LogP contribution in [0.15, 0.2) is 36.7 Å². The van der Waals surface area contributed by atoms with E-state index in [1.807, 2.05) is 0 Å². The number of halogens is 2. The van der Waals surface area contributed by atoms with E-state index in [2.05, 4.69) is 27.2 Å². The summed E-state index contributed by atoms with van der Waals surface area (Å²) in [7, 11) is 2.13. The Morgan fingerprint density at radius 1 is 1.28 bits per heavy atom. The van der Waals surface area contributed by atoms with Gasteiger partial charge in [-0.05, 0) is 49.4 Å². The molecule has 2 fully saturated rings. The zero-order valence-corrected chi connectivity index (χ0v) is 18.1. The summed E-state index contributed by atoms with van der Waals surface area (Å²) >= 11 is 5.84. The minimum absolute atomic E-state index is 0.0403. The van der Waals surface area contributed by atoms with Gasteiger partial charge in [0.15, 0.2) is 5.75 Å². The van der Waals surface area contributed by atoms with Gasteiger partial charge in [0.1, 0.15) is 18.0 Å². The lowest BCUT2D eigenvalue weighted by molar-refractivity contribution is -0.385. The first-order valence-electron chi connectivity index (χ1n) is 10.4. The van der Waals surface area contributed by atoms with Crippen LogP contribution >= 0.6 is 11.6 Å². The van der Waals surface area contributed by atoms with Crippen LogP contribution in [0.2, 0.25) is 5.02 Å². The van der Waals surface area contributed by atoms with Crippen molar-refractivity contribution in [3.05, 3.63) is 57.6 Å². The van der Waals surface area contributed by atoms with E-state index in [9.17, 15) is 14.5 Å². The van der Waals surface area contributed by atoms with Crippen molar-refractivity contribution in [3.8, 4) is 5.75 Å². The Hall–Kier alpha value is -3.04. The number of hydrogen-bond acceptors (Lipinski definition) is 7. The highest BCUT2D eigenvalue weighted by molar-refractivity contribution is 6.31. The highest BCUT2D eigenvalue weighted by atomic mass is 35.5. The Morgan fingerprint density at radius 2 is 2.06 bits per heavy atom. The average molecular weight is 458 g/mol. The van der Waals surface area contributed by atoms with E-state index in [1.54, 1.807) is 6.07 Å². The van der Waals surface area contributed by atoms with Gasteiger partial charge >= 0.3 is 5.69 Å². The SMILES string of the molecule is CN1CC2[C@H](CCOc3cc4ncnc(Nc5ccc(F)c(Cl)c5)c4cc3[N+](=O)[O-])[C@H]2C1. The van der Waals surface area contributed by atoms with Crippen molar-refractivity contribution < 1.29 is 14.1 Å². The number of likely N-dealkylation sites (tertiary alicyclic amines) is 1. The summed E-state index contributed by atoms with van der Waals surface area (Å²) in [5.74, 6) is 2.12. The van der Waals surface area contributed by atoms with Gasteiger partial charge in [-0.25, -0.2) is 14.4 Å². The number of nitrogens with zero attached hydrogens (tertiary/aromatic N) is 4. The molecule has 1 aliphatic heterocycles. The maximum Gasteiger partial charge on any atom is 0.311 e. The monoisotopic (exact) mass is 457 g/mol. The molecule has 166 valence electrons. The molecule has 2 aromatic carbocycles. The predicted octanol–water partition coefficient (Wildman–Crippen LogP) is 4.65. The van der Waals surface area contributed by atoms with Gasteiger partial charge in [0.2, 0.25) is 0 Å². The second kappa shape index (κ2) is 8.14. The number of benzene rings is 2. The van der Waals surface area contributed by atoms with Crippen LogP contribution in [-0.4, -0.2) is 46.5 Å². The number of nitro benzene ring substituents is 1. The summed E-state index contributed by atoms with van der Waals surface area (Å²) in [5, 5.41) is 15.2. The van der Waals surface area contributed by atoms with E-state index in [1.165, 1.54) is 30.6 Å². The van der Waals surface area contributed by atoms with Crippen molar-refractivity contribution >= 4 is 39.7 Å². The van der Waals surface area contributed by atoms with Gasteiger partial charge < -0.3 is 15.0 Å². The molecule has 5 rings (SSSR count). The zero-order valence-electron chi connectivity index (χ0n) is 17.3. The Morgan fingerprint density at radius 3 is 2.78 bits per heavy atom. The molecule has 3 aromatic rings. The smallest absolute Gasteiger partial charge is 0.311 e. The predicted molar refractivity (Wildman–Crippen MR) is 119 cm³/mol. The Kier molecular flexibility index (Phi) is 5.30. The lowest BCUT2D eigenvalue weighted by Crippen LogP contribution is -2.19. The van der Waals surface area contributed by atoms with Crippen molar-refractivity contribution in [3.63, 3.8) is 0 Å². The lowest BCUT2D eigenvalue weighted by atomic mass is 10.2. The summed E-state index contributed by atoms with van der Waals surface area (Å²) in [6.45, 7) is 2.67. The summed E-state index contributed by atoms with van der Waals surface area (Å²) in [5.41, 5.74) is 0.851. The van der Waals surface area contributed by atoms with Crippen LogP contribution in [0.1, 0.15) is 6.42 Å². The molecule has 0 spiro atoms. The number of rotatable bonds is 7. The van der Waals surface area contributed by atoms with Crippen molar-refractivity contribution in [2.24, 2.45) is 17.8 Å². The number of fused-ring (bicyclic) bond motifs is 2. The molecule has 1 saturated heterocycles. The van der Waals surface area contributed by atoms with Crippen LogP contribution in [0.5, 0.6) is 5.75 Å². The number of nitro groups is 1. The van der Waals surface area contributed by atoms with Crippen LogP contribution in [0.4, 0.5) is 21.6 Å². The minimum Gasteiger partial charge on any atom is -0.487 e. The molecule has 10 heteroatoms. The molecule has 1 aromatic heterocycles. The minimum atomic E-state index is -0.538. The highest BCUT2D eigenvalue weighted by Gasteiger charge is 2.53. The number of aromatic nitrogens is 2. The quantitative estimate of drug-likeness (QED) is 0.407. The highest BCUT2D eigenvalue weighted by Crippen LogP contribution is 2.53. The third-order valence-electron chi connectivity index (χ3n) is 6.36. The van der Waals surface area contributed by atoms with Gasteiger partial charge in [0.05, 0.1) is 27.5 Å². The van der Waals surface area contributed by atoms with E-state index in [4.69, 9.17) is 16.3 Å². The molecule has 1 saturated carbocycles. The lowest BCUT2D eigenvalue weighted by Gasteiger charge is -2.13. The van der Waals surface area contributed by atoms with Crippen LogP contribution in [-0.2, 0) is 0 Å². The van der Waals surface area contributed by atoms with Crippen molar-refractivity contribution in [1.82, 2.24) is 14.9 Å². The topological polar surface area (TPSA) is 93.4 Å². The van der Waals surface area contributed by atoms with Crippen LogP contribution in [0, 0.1) is 33.7 Å². The number of ether oxygens (including phenoxy) is 1. The van der Waals surface area contributed by atoms with E-state index in [-0.39, 0.29) is 16.5 Å². The van der Waals surface area contributed by atoms with Crippen LogP contribution in [0.3, 0.4) is 0 Å². The normalized spacial score (nSPS) is 22.0. The largest absolute Gasteiger partial charge is 0.487 e. The molecular formula is C22H21ClFN5O3. The fourth-order valence-corrected chi connectivity index (χ4v) is 4.91. The molecule has 0 bridgehead atoms. The first-order chi connectivity index (χ1) is 15.4. The first kappa shape index (κ1) is 20.8. The van der Waals surface area contributed by atoms with E-state index in [0.29, 0.717) is 34.9 Å². The Balaban J connectivity index is 1.37. The van der Waals surface area contributed by atoms with E-state index in [0.717, 1.165) is 31.3 Å². The summed E-state index contributed by atoms with van der Waals surface area (Å²) in [4.78, 5) is 22.0. The van der Waals surface area contributed by atoms with Crippen molar-refractivity contribution in [2.45, 2.75) is 6.42 Å².